The lowest BCUT2D eigenvalue weighted by molar-refractivity contribution is 0.100. The number of rotatable bonds is 3. The number of carbonyl (C=O) groups excluding carboxylic acids is 1. The lowest BCUT2D eigenvalue weighted by Crippen LogP contribution is -2.44. The van der Waals surface area contributed by atoms with Crippen molar-refractivity contribution in [2.24, 2.45) is 5.73 Å². The molecule has 116 valence electrons. The maximum absolute atomic E-state index is 11.8. The van der Waals surface area contributed by atoms with Gasteiger partial charge in [-0.05, 0) is 59.6 Å². The highest BCUT2D eigenvalue weighted by molar-refractivity contribution is 7.08. The molecule has 22 heavy (non-hydrogen) atoms. The molecule has 1 aromatic heterocycles. The van der Waals surface area contributed by atoms with Crippen LogP contribution in [-0.4, -0.2) is 44.0 Å². The van der Waals surface area contributed by atoms with Crippen LogP contribution < -0.4 is 10.6 Å². The molecule has 1 fully saturated rings. The Hall–Kier alpha value is -1.85. The first-order valence-electron chi connectivity index (χ1n) is 7.47. The number of hydrogen-bond donors (Lipinski definition) is 1. The topological polar surface area (TPSA) is 49.6 Å². The molecule has 0 bridgehead atoms. The number of nitrogens with two attached hydrogens (primary N) is 1. The second kappa shape index (κ2) is 6.10. The largest absolute Gasteiger partial charge is 0.369 e. The number of nitrogens with zero attached hydrogens (tertiary/aromatic N) is 2. The van der Waals surface area contributed by atoms with E-state index >= 15 is 0 Å². The number of aryl methyl sites for hydroxylation is 1. The summed E-state index contributed by atoms with van der Waals surface area (Å²) < 4.78 is 0. The number of thiophene rings is 1. The smallest absolute Gasteiger partial charge is 0.249 e. The van der Waals surface area contributed by atoms with Gasteiger partial charge < -0.3 is 15.5 Å². The van der Waals surface area contributed by atoms with Crippen LogP contribution in [0.25, 0.3) is 11.1 Å². The van der Waals surface area contributed by atoms with Crippen LogP contribution in [0.3, 0.4) is 0 Å². The lowest BCUT2D eigenvalue weighted by atomic mass is 9.98. The van der Waals surface area contributed by atoms with Gasteiger partial charge >= 0.3 is 0 Å². The van der Waals surface area contributed by atoms with Crippen LogP contribution in [-0.2, 0) is 0 Å². The Balaban J connectivity index is 2.01. The Bertz CT molecular complexity index is 687. The molecule has 1 aromatic carbocycles. The van der Waals surface area contributed by atoms with E-state index in [0.29, 0.717) is 5.56 Å². The summed E-state index contributed by atoms with van der Waals surface area (Å²) in [6.07, 6.45) is 0. The van der Waals surface area contributed by atoms with Crippen molar-refractivity contribution in [3.05, 3.63) is 40.1 Å². The molecular formula is C17H21N3OS. The zero-order valence-electron chi connectivity index (χ0n) is 13.0. The van der Waals surface area contributed by atoms with Crippen LogP contribution in [0.4, 0.5) is 5.69 Å². The Morgan fingerprint density at radius 1 is 1.14 bits per heavy atom. The average molecular weight is 315 g/mol. The van der Waals surface area contributed by atoms with Crippen LogP contribution in [0.2, 0.25) is 0 Å². The number of carbonyl (C=O) groups is 1. The van der Waals surface area contributed by atoms with Crippen LogP contribution in [0, 0.1) is 6.92 Å². The standard InChI is InChI=1S/C17H21N3OS/c1-12-10-22-11-16(12)15-9-13(3-4-14(15)17(18)21)20-7-5-19(2)6-8-20/h3-4,9-11H,5-8H2,1-2H3,(H2,18,21). The molecular weight excluding hydrogens is 294 g/mol. The van der Waals surface area contributed by atoms with Crippen LogP contribution >= 0.6 is 11.3 Å². The third-order valence-corrected chi connectivity index (χ3v) is 5.14. The molecule has 2 aromatic rings. The van der Waals surface area contributed by atoms with E-state index in [1.807, 2.05) is 12.1 Å². The Labute approximate surface area is 135 Å². The highest BCUT2D eigenvalue weighted by atomic mass is 32.1. The van der Waals surface area contributed by atoms with Gasteiger partial charge in [-0.15, -0.1) is 0 Å². The molecule has 3 rings (SSSR count). The van der Waals surface area contributed by atoms with Gasteiger partial charge in [0.1, 0.15) is 0 Å². The summed E-state index contributed by atoms with van der Waals surface area (Å²) in [4.78, 5) is 16.5. The lowest BCUT2D eigenvalue weighted by Gasteiger charge is -2.34. The van der Waals surface area contributed by atoms with Crippen molar-refractivity contribution < 1.29 is 4.79 Å². The third kappa shape index (κ3) is 2.87. The number of likely N-dealkylation sites (N-methyl/N-ethyl adjacent to an activating group) is 1. The number of anilines is 1. The molecule has 1 aliphatic rings. The van der Waals surface area contributed by atoms with E-state index in [-0.39, 0.29) is 5.91 Å². The number of hydrogen-bond acceptors (Lipinski definition) is 4. The van der Waals surface area contributed by atoms with E-state index < -0.39 is 0 Å². The third-order valence-electron chi connectivity index (χ3n) is 4.28. The minimum atomic E-state index is -0.370. The van der Waals surface area contributed by atoms with E-state index in [0.717, 1.165) is 37.3 Å². The number of piperazine rings is 1. The highest BCUT2D eigenvalue weighted by Gasteiger charge is 2.18. The molecule has 4 nitrogen and oxygen atoms in total. The molecule has 5 heteroatoms. The SMILES string of the molecule is Cc1cscc1-c1cc(N2CCN(C)CC2)ccc1C(N)=O. The fourth-order valence-electron chi connectivity index (χ4n) is 2.87. The van der Waals surface area contributed by atoms with Crippen molar-refractivity contribution in [3.8, 4) is 11.1 Å². The molecule has 1 amide bonds. The number of amides is 1. The zero-order valence-corrected chi connectivity index (χ0v) is 13.8. The molecule has 0 unspecified atom stereocenters. The van der Waals surface area contributed by atoms with Crippen LogP contribution in [0.5, 0.6) is 0 Å². The second-order valence-corrected chi connectivity index (χ2v) is 6.60. The summed E-state index contributed by atoms with van der Waals surface area (Å²) in [5, 5.41) is 4.19. The summed E-state index contributed by atoms with van der Waals surface area (Å²) in [5.74, 6) is -0.370. The van der Waals surface area contributed by atoms with Crippen molar-refractivity contribution in [3.63, 3.8) is 0 Å². The maximum Gasteiger partial charge on any atom is 0.249 e. The Morgan fingerprint density at radius 2 is 1.86 bits per heavy atom. The number of benzene rings is 1. The minimum absolute atomic E-state index is 0.370. The maximum atomic E-state index is 11.8. The molecule has 0 saturated carbocycles. The summed E-state index contributed by atoms with van der Waals surface area (Å²) in [5.41, 5.74) is 10.6. The average Bonchev–Trinajstić information content (AvgIpc) is 2.93. The van der Waals surface area contributed by atoms with Gasteiger partial charge in [-0.1, -0.05) is 0 Å². The van der Waals surface area contributed by atoms with E-state index in [1.165, 1.54) is 11.3 Å². The first kappa shape index (κ1) is 15.1. The van der Waals surface area contributed by atoms with Gasteiger partial charge in [-0.2, -0.15) is 11.3 Å². The van der Waals surface area contributed by atoms with Crippen molar-refractivity contribution in [1.82, 2.24) is 4.90 Å². The molecule has 2 heterocycles. The van der Waals surface area contributed by atoms with Crippen molar-refractivity contribution in [2.45, 2.75) is 6.92 Å². The molecule has 1 saturated heterocycles. The molecule has 0 atom stereocenters. The van der Waals surface area contributed by atoms with Gasteiger partial charge in [0, 0.05) is 37.4 Å². The second-order valence-electron chi connectivity index (χ2n) is 5.85. The minimum Gasteiger partial charge on any atom is -0.369 e. The predicted molar refractivity (Wildman–Crippen MR) is 92.7 cm³/mol. The highest BCUT2D eigenvalue weighted by Crippen LogP contribution is 2.33. The van der Waals surface area contributed by atoms with Crippen molar-refractivity contribution in [1.29, 1.82) is 0 Å². The van der Waals surface area contributed by atoms with Gasteiger partial charge in [0.25, 0.3) is 0 Å². The van der Waals surface area contributed by atoms with E-state index in [2.05, 4.69) is 40.6 Å². The molecule has 0 spiro atoms. The first-order chi connectivity index (χ1) is 10.6. The monoisotopic (exact) mass is 315 g/mol. The summed E-state index contributed by atoms with van der Waals surface area (Å²) in [6.45, 7) is 6.21. The molecule has 2 N–H and O–H groups in total. The molecule has 1 aliphatic heterocycles. The van der Waals surface area contributed by atoms with Gasteiger partial charge in [-0.25, -0.2) is 0 Å². The van der Waals surface area contributed by atoms with Crippen molar-refractivity contribution in [2.75, 3.05) is 38.1 Å². The summed E-state index contributed by atoms with van der Waals surface area (Å²) in [6, 6.07) is 5.99. The van der Waals surface area contributed by atoms with E-state index in [1.54, 1.807) is 11.3 Å². The van der Waals surface area contributed by atoms with Crippen LogP contribution in [0.1, 0.15) is 15.9 Å². The van der Waals surface area contributed by atoms with E-state index in [4.69, 9.17) is 5.73 Å². The first-order valence-corrected chi connectivity index (χ1v) is 8.41. The molecule has 0 radical (unpaired) electrons. The van der Waals surface area contributed by atoms with Gasteiger partial charge in [0.05, 0.1) is 0 Å². The quantitative estimate of drug-likeness (QED) is 0.947. The fraction of sp³-hybridized carbons (Fsp3) is 0.353. The normalized spacial score (nSPS) is 16.0. The summed E-state index contributed by atoms with van der Waals surface area (Å²) >= 11 is 1.65. The fourth-order valence-corrected chi connectivity index (χ4v) is 3.72. The zero-order chi connectivity index (χ0) is 15.7. The van der Waals surface area contributed by atoms with Gasteiger partial charge in [0.2, 0.25) is 5.91 Å². The van der Waals surface area contributed by atoms with Crippen molar-refractivity contribution >= 4 is 22.9 Å². The predicted octanol–water partition coefficient (Wildman–Crippen LogP) is 2.57. The van der Waals surface area contributed by atoms with E-state index in [9.17, 15) is 4.79 Å². The summed E-state index contributed by atoms with van der Waals surface area (Å²) in [7, 11) is 2.15. The number of primary amides is 1. The van der Waals surface area contributed by atoms with Gasteiger partial charge in [-0.3, -0.25) is 4.79 Å². The Kier molecular flexibility index (Phi) is 4.18. The molecule has 0 aliphatic carbocycles. The Morgan fingerprint density at radius 3 is 2.45 bits per heavy atom. The van der Waals surface area contributed by atoms with Crippen LogP contribution in [0.15, 0.2) is 29.0 Å². The van der Waals surface area contributed by atoms with Gasteiger partial charge in [0.15, 0.2) is 0 Å².